The van der Waals surface area contributed by atoms with Crippen LogP contribution in [0.4, 0.5) is 4.39 Å². The Hall–Kier alpha value is -0.610. The molecule has 70 valence electrons. The van der Waals surface area contributed by atoms with E-state index in [1.165, 1.54) is 6.07 Å². The lowest BCUT2D eigenvalue weighted by Gasteiger charge is -2.03. The molecular formula is C8H6BrClFNO. The first-order chi connectivity index (χ1) is 6.02. The van der Waals surface area contributed by atoms with E-state index in [4.69, 9.17) is 17.3 Å². The van der Waals surface area contributed by atoms with Gasteiger partial charge in [-0.3, -0.25) is 4.79 Å². The van der Waals surface area contributed by atoms with E-state index in [0.717, 1.165) is 0 Å². The highest BCUT2D eigenvalue weighted by molar-refractivity contribution is 9.10. The maximum atomic E-state index is 13.3. The van der Waals surface area contributed by atoms with Crippen LogP contribution in [0.25, 0.3) is 0 Å². The Labute approximate surface area is 88.0 Å². The highest BCUT2D eigenvalue weighted by Crippen LogP contribution is 2.27. The minimum Gasteiger partial charge on any atom is -0.369 e. The fourth-order valence-electron chi connectivity index (χ4n) is 0.890. The smallest absolute Gasteiger partial charge is 0.221 e. The van der Waals surface area contributed by atoms with Crippen molar-refractivity contribution in [1.29, 1.82) is 0 Å². The quantitative estimate of drug-likeness (QED) is 0.820. The largest absolute Gasteiger partial charge is 0.369 e. The fourth-order valence-corrected chi connectivity index (χ4v) is 1.38. The van der Waals surface area contributed by atoms with Crippen molar-refractivity contribution in [3.8, 4) is 0 Å². The molecule has 13 heavy (non-hydrogen) atoms. The van der Waals surface area contributed by atoms with Gasteiger partial charge in [-0.25, -0.2) is 4.39 Å². The van der Waals surface area contributed by atoms with Crippen LogP contribution in [-0.2, 0) is 11.2 Å². The molecule has 0 aliphatic carbocycles. The summed E-state index contributed by atoms with van der Waals surface area (Å²) in [5.74, 6) is -1.19. The summed E-state index contributed by atoms with van der Waals surface area (Å²) in [4.78, 5) is 10.5. The van der Waals surface area contributed by atoms with Crippen molar-refractivity contribution < 1.29 is 9.18 Å². The monoisotopic (exact) mass is 265 g/mol. The molecule has 0 saturated carbocycles. The Morgan fingerprint density at radius 2 is 2.23 bits per heavy atom. The average molecular weight is 266 g/mol. The number of hydrogen-bond donors (Lipinski definition) is 1. The number of carbonyl (C=O) groups excluding carboxylic acids is 1. The van der Waals surface area contributed by atoms with Gasteiger partial charge in [0, 0.05) is 4.47 Å². The number of benzene rings is 1. The van der Waals surface area contributed by atoms with Gasteiger partial charge in [-0.05, 0) is 27.6 Å². The van der Waals surface area contributed by atoms with Crippen LogP contribution in [0, 0.1) is 5.82 Å². The van der Waals surface area contributed by atoms with Gasteiger partial charge in [0.05, 0.1) is 11.4 Å². The number of amides is 1. The van der Waals surface area contributed by atoms with E-state index in [1.54, 1.807) is 6.07 Å². The molecule has 0 aliphatic rings. The molecule has 0 fully saturated rings. The summed E-state index contributed by atoms with van der Waals surface area (Å²) in [6.45, 7) is 0. The Kier molecular flexibility index (Phi) is 3.27. The molecule has 1 rings (SSSR count). The molecule has 1 aromatic rings. The second-order valence-corrected chi connectivity index (χ2v) is 3.71. The van der Waals surface area contributed by atoms with Gasteiger partial charge in [0.2, 0.25) is 5.91 Å². The van der Waals surface area contributed by atoms with Gasteiger partial charge in [0.15, 0.2) is 0 Å². The normalized spacial score (nSPS) is 10.1. The van der Waals surface area contributed by atoms with E-state index in [9.17, 15) is 9.18 Å². The van der Waals surface area contributed by atoms with Crippen LogP contribution in [0.5, 0.6) is 0 Å². The van der Waals surface area contributed by atoms with Gasteiger partial charge in [-0.1, -0.05) is 17.7 Å². The molecule has 5 heteroatoms. The summed E-state index contributed by atoms with van der Waals surface area (Å²) in [5.41, 5.74) is 5.13. The number of halogens is 3. The minimum atomic E-state index is -0.602. The van der Waals surface area contributed by atoms with Crippen molar-refractivity contribution in [2.45, 2.75) is 6.42 Å². The zero-order valence-corrected chi connectivity index (χ0v) is 8.82. The number of nitrogens with two attached hydrogens (primary N) is 1. The predicted molar refractivity (Wildman–Crippen MR) is 52.0 cm³/mol. The van der Waals surface area contributed by atoms with Crippen LogP contribution >= 0.6 is 27.5 Å². The first-order valence-electron chi connectivity index (χ1n) is 3.43. The van der Waals surface area contributed by atoms with Crippen molar-refractivity contribution in [3.05, 3.63) is 33.0 Å². The van der Waals surface area contributed by atoms with E-state index in [0.29, 0.717) is 4.47 Å². The summed E-state index contributed by atoms with van der Waals surface area (Å²) in [6.07, 6.45) is -0.140. The third kappa shape index (κ3) is 2.42. The van der Waals surface area contributed by atoms with E-state index >= 15 is 0 Å². The minimum absolute atomic E-state index is 0.0289. The fraction of sp³-hybridized carbons (Fsp3) is 0.125. The standard InChI is InChI=1S/C8H6BrClFNO/c9-5-2-1-4(3-6(12)13)8(11)7(5)10/h1-2H,3H2,(H2,12,13). The molecule has 0 saturated heterocycles. The van der Waals surface area contributed by atoms with Gasteiger partial charge in [0.1, 0.15) is 5.82 Å². The predicted octanol–water partition coefficient (Wildman–Crippen LogP) is 2.27. The SMILES string of the molecule is NC(=O)Cc1ccc(Br)c(Cl)c1F. The lowest BCUT2D eigenvalue weighted by Crippen LogP contribution is -2.14. The third-order valence-corrected chi connectivity index (χ3v) is 2.74. The van der Waals surface area contributed by atoms with Crippen LogP contribution < -0.4 is 5.73 Å². The molecular weight excluding hydrogens is 260 g/mol. The highest BCUT2D eigenvalue weighted by Gasteiger charge is 2.11. The number of primary amides is 1. The van der Waals surface area contributed by atoms with Gasteiger partial charge in [-0.15, -0.1) is 0 Å². The van der Waals surface area contributed by atoms with Gasteiger partial charge in [0.25, 0.3) is 0 Å². The third-order valence-electron chi connectivity index (χ3n) is 1.48. The Morgan fingerprint density at radius 3 is 2.77 bits per heavy atom. The molecule has 1 aromatic carbocycles. The maximum Gasteiger partial charge on any atom is 0.221 e. The first kappa shape index (κ1) is 10.5. The Balaban J connectivity index is 3.10. The maximum absolute atomic E-state index is 13.3. The summed E-state index contributed by atoms with van der Waals surface area (Å²) < 4.78 is 13.7. The van der Waals surface area contributed by atoms with Crippen molar-refractivity contribution in [2.24, 2.45) is 5.73 Å². The molecule has 0 aliphatic heterocycles. The highest BCUT2D eigenvalue weighted by atomic mass is 79.9. The molecule has 0 spiro atoms. The van der Waals surface area contributed by atoms with Gasteiger partial charge < -0.3 is 5.73 Å². The Bertz CT molecular complexity index is 356. The first-order valence-corrected chi connectivity index (χ1v) is 4.60. The molecule has 0 radical (unpaired) electrons. The van der Waals surface area contributed by atoms with Crippen LogP contribution in [0.2, 0.25) is 5.02 Å². The second-order valence-electron chi connectivity index (χ2n) is 2.48. The molecule has 1 amide bonds. The van der Waals surface area contributed by atoms with Crippen molar-refractivity contribution in [3.63, 3.8) is 0 Å². The lowest BCUT2D eigenvalue weighted by molar-refractivity contribution is -0.117. The number of carbonyl (C=O) groups is 1. The van der Waals surface area contributed by atoms with Crippen molar-refractivity contribution in [1.82, 2.24) is 0 Å². The average Bonchev–Trinajstić information content (AvgIpc) is 2.06. The van der Waals surface area contributed by atoms with Gasteiger partial charge in [-0.2, -0.15) is 0 Å². The molecule has 0 bridgehead atoms. The number of hydrogen-bond acceptors (Lipinski definition) is 1. The summed E-state index contributed by atoms with van der Waals surface area (Å²) >= 11 is 8.65. The van der Waals surface area contributed by atoms with Crippen LogP contribution in [-0.4, -0.2) is 5.91 Å². The summed E-state index contributed by atoms with van der Waals surface area (Å²) in [6, 6.07) is 3.04. The van der Waals surface area contributed by atoms with E-state index in [2.05, 4.69) is 15.9 Å². The van der Waals surface area contributed by atoms with E-state index in [-0.39, 0.29) is 17.0 Å². The number of rotatable bonds is 2. The molecule has 0 aromatic heterocycles. The molecule has 0 heterocycles. The summed E-state index contributed by atoms with van der Waals surface area (Å²) in [5, 5.41) is -0.0289. The Morgan fingerprint density at radius 1 is 1.62 bits per heavy atom. The molecule has 0 unspecified atom stereocenters. The zero-order chi connectivity index (χ0) is 10.0. The van der Waals surface area contributed by atoms with Crippen LogP contribution in [0.1, 0.15) is 5.56 Å². The van der Waals surface area contributed by atoms with E-state index in [1.807, 2.05) is 0 Å². The topological polar surface area (TPSA) is 43.1 Å². The zero-order valence-electron chi connectivity index (χ0n) is 6.48. The molecule has 0 atom stereocenters. The lowest BCUT2D eigenvalue weighted by atomic mass is 10.1. The second kappa shape index (κ2) is 4.07. The van der Waals surface area contributed by atoms with E-state index < -0.39 is 11.7 Å². The summed E-state index contributed by atoms with van der Waals surface area (Å²) in [7, 11) is 0. The van der Waals surface area contributed by atoms with Crippen LogP contribution in [0.15, 0.2) is 16.6 Å². The van der Waals surface area contributed by atoms with Crippen molar-refractivity contribution in [2.75, 3.05) is 0 Å². The molecule has 2 nitrogen and oxygen atoms in total. The van der Waals surface area contributed by atoms with Gasteiger partial charge >= 0.3 is 0 Å². The van der Waals surface area contributed by atoms with Crippen LogP contribution in [0.3, 0.4) is 0 Å². The molecule has 2 N–H and O–H groups in total. The van der Waals surface area contributed by atoms with Crippen molar-refractivity contribution >= 4 is 33.4 Å².